The zero-order valence-electron chi connectivity index (χ0n) is 22.7. The summed E-state index contributed by atoms with van der Waals surface area (Å²) in [6.45, 7) is 7.71. The number of hydroxylamine groups is 2. The summed E-state index contributed by atoms with van der Waals surface area (Å²) in [5.74, 6) is -2.33. The second kappa shape index (κ2) is 13.6. The number of carbonyl (C=O) groups is 5. The second-order valence-electron chi connectivity index (χ2n) is 10.1. The number of carbonyl (C=O) groups excluding carboxylic acids is 5. The standard InChI is InChI=1S/C27H34N6O6/c1-16(2)21(34)7-5-6-8-24(36)39-33-23(35)14-20(27(33)38)13-22-29-31-25(32-30-22)19-11-9-18(10-12-19)15-28-26(37)17(3)4/h9-12,16-17,20H,5-8,13-15H2,1-4H3,(H,28,37). The molecule has 0 radical (unpaired) electrons. The first kappa shape index (κ1) is 29.5. The van der Waals surface area contributed by atoms with Gasteiger partial charge in [-0.3, -0.25) is 19.2 Å². The molecule has 1 fully saturated rings. The van der Waals surface area contributed by atoms with Crippen molar-refractivity contribution in [3.63, 3.8) is 0 Å². The smallest absolute Gasteiger partial charge is 0.333 e. The molecular weight excluding hydrogens is 504 g/mol. The molecule has 1 unspecified atom stereocenters. The predicted molar refractivity (Wildman–Crippen MR) is 138 cm³/mol. The Bertz CT molecular complexity index is 1200. The van der Waals surface area contributed by atoms with E-state index in [1.807, 2.05) is 39.8 Å². The summed E-state index contributed by atoms with van der Waals surface area (Å²) in [5, 5.41) is 19.6. The van der Waals surface area contributed by atoms with Crippen LogP contribution >= 0.6 is 0 Å². The van der Waals surface area contributed by atoms with Gasteiger partial charge in [0.15, 0.2) is 5.82 Å². The number of hydrogen-bond donors (Lipinski definition) is 1. The number of nitrogens with one attached hydrogen (secondary N) is 1. The molecule has 1 saturated heterocycles. The molecule has 1 aliphatic heterocycles. The van der Waals surface area contributed by atoms with E-state index < -0.39 is 23.7 Å². The van der Waals surface area contributed by atoms with E-state index in [9.17, 15) is 24.0 Å². The van der Waals surface area contributed by atoms with E-state index in [1.54, 1.807) is 12.1 Å². The van der Waals surface area contributed by atoms with Crippen LogP contribution in [0.25, 0.3) is 11.4 Å². The zero-order valence-corrected chi connectivity index (χ0v) is 22.7. The molecule has 1 atom stereocenters. The van der Waals surface area contributed by atoms with E-state index in [2.05, 4.69) is 25.7 Å². The summed E-state index contributed by atoms with van der Waals surface area (Å²) >= 11 is 0. The van der Waals surface area contributed by atoms with Gasteiger partial charge in [-0.1, -0.05) is 52.0 Å². The van der Waals surface area contributed by atoms with Crippen LogP contribution in [0, 0.1) is 17.8 Å². The second-order valence-corrected chi connectivity index (χ2v) is 10.1. The van der Waals surface area contributed by atoms with Crippen molar-refractivity contribution in [2.24, 2.45) is 17.8 Å². The molecule has 208 valence electrons. The topological polar surface area (TPSA) is 161 Å². The molecule has 12 heteroatoms. The van der Waals surface area contributed by atoms with E-state index in [-0.39, 0.29) is 54.4 Å². The number of benzene rings is 1. The molecule has 2 heterocycles. The van der Waals surface area contributed by atoms with Gasteiger partial charge in [-0.05, 0) is 18.4 Å². The van der Waals surface area contributed by atoms with Crippen molar-refractivity contribution >= 4 is 29.5 Å². The maximum absolute atomic E-state index is 12.7. The van der Waals surface area contributed by atoms with Gasteiger partial charge < -0.3 is 10.2 Å². The van der Waals surface area contributed by atoms with Crippen LogP contribution in [0.15, 0.2) is 24.3 Å². The number of imide groups is 1. The van der Waals surface area contributed by atoms with Gasteiger partial charge >= 0.3 is 5.97 Å². The van der Waals surface area contributed by atoms with E-state index >= 15 is 0 Å². The van der Waals surface area contributed by atoms with Crippen molar-refractivity contribution in [1.29, 1.82) is 0 Å². The number of nitrogens with zero attached hydrogens (tertiary/aromatic N) is 5. The molecular formula is C27H34N6O6. The zero-order chi connectivity index (χ0) is 28.5. The van der Waals surface area contributed by atoms with Gasteiger partial charge in [-0.2, -0.15) is 0 Å². The Hall–Kier alpha value is -4.09. The Morgan fingerprint density at radius 2 is 1.59 bits per heavy atom. The Morgan fingerprint density at radius 3 is 2.21 bits per heavy atom. The van der Waals surface area contributed by atoms with Crippen LogP contribution in [0.3, 0.4) is 0 Å². The molecule has 1 aromatic heterocycles. The molecule has 0 bridgehead atoms. The van der Waals surface area contributed by atoms with Crippen molar-refractivity contribution in [3.8, 4) is 11.4 Å². The normalized spacial score (nSPS) is 15.2. The highest BCUT2D eigenvalue weighted by molar-refractivity contribution is 6.03. The molecule has 1 aromatic carbocycles. The summed E-state index contributed by atoms with van der Waals surface area (Å²) in [7, 11) is 0. The van der Waals surface area contributed by atoms with Crippen molar-refractivity contribution in [2.75, 3.05) is 0 Å². The number of aromatic nitrogens is 4. The number of unbranched alkanes of at least 4 members (excludes halogenated alkanes) is 1. The maximum atomic E-state index is 12.7. The Kier molecular flexibility index (Phi) is 10.3. The summed E-state index contributed by atoms with van der Waals surface area (Å²) < 4.78 is 0. The van der Waals surface area contributed by atoms with Crippen molar-refractivity contribution in [3.05, 3.63) is 35.7 Å². The Morgan fingerprint density at radius 1 is 0.949 bits per heavy atom. The lowest BCUT2D eigenvalue weighted by Gasteiger charge is -2.13. The van der Waals surface area contributed by atoms with E-state index in [0.29, 0.717) is 36.4 Å². The molecule has 0 aliphatic carbocycles. The average molecular weight is 539 g/mol. The van der Waals surface area contributed by atoms with Crippen LogP contribution < -0.4 is 5.32 Å². The molecule has 39 heavy (non-hydrogen) atoms. The van der Waals surface area contributed by atoms with E-state index in [4.69, 9.17) is 4.84 Å². The van der Waals surface area contributed by atoms with Crippen LogP contribution in [0.2, 0.25) is 0 Å². The molecule has 12 nitrogen and oxygen atoms in total. The van der Waals surface area contributed by atoms with Crippen molar-refractivity contribution < 1.29 is 28.8 Å². The van der Waals surface area contributed by atoms with E-state index in [1.165, 1.54) is 0 Å². The highest BCUT2D eigenvalue weighted by Crippen LogP contribution is 2.23. The minimum atomic E-state index is -0.788. The SMILES string of the molecule is CC(C)C(=O)CCCCC(=O)ON1C(=O)CC(Cc2nnc(-c3ccc(CNC(=O)C(C)C)cc3)nn2)C1=O. The van der Waals surface area contributed by atoms with Crippen LogP contribution in [0.5, 0.6) is 0 Å². The van der Waals surface area contributed by atoms with Gasteiger partial charge in [-0.15, -0.1) is 25.5 Å². The van der Waals surface area contributed by atoms with Crippen molar-refractivity contribution in [1.82, 2.24) is 30.8 Å². The minimum absolute atomic E-state index is 0.000917. The molecule has 1 aliphatic rings. The number of hydrogen-bond acceptors (Lipinski definition) is 10. The van der Waals surface area contributed by atoms with Crippen LogP contribution in [-0.4, -0.2) is 54.9 Å². The van der Waals surface area contributed by atoms with Crippen LogP contribution in [-0.2, 0) is 41.8 Å². The number of Topliss-reactive ketones (excluding diaryl/α,β-unsaturated/α-hetero) is 1. The fourth-order valence-electron chi connectivity index (χ4n) is 3.76. The van der Waals surface area contributed by atoms with Gasteiger partial charge in [0.25, 0.3) is 11.8 Å². The number of ketones is 1. The van der Waals surface area contributed by atoms with Gasteiger partial charge in [0, 0.05) is 49.6 Å². The highest BCUT2D eigenvalue weighted by atomic mass is 16.7. The quantitative estimate of drug-likeness (QED) is 0.296. The third-order valence-corrected chi connectivity index (χ3v) is 6.24. The summed E-state index contributed by atoms with van der Waals surface area (Å²) in [6.07, 6.45) is 1.20. The Balaban J connectivity index is 1.49. The monoisotopic (exact) mass is 538 g/mol. The summed E-state index contributed by atoms with van der Waals surface area (Å²) in [4.78, 5) is 65.4. The molecule has 0 saturated carbocycles. The highest BCUT2D eigenvalue weighted by Gasteiger charge is 2.42. The van der Waals surface area contributed by atoms with Gasteiger partial charge in [-0.25, -0.2) is 4.79 Å². The third kappa shape index (κ3) is 8.45. The average Bonchev–Trinajstić information content (AvgIpc) is 3.17. The van der Waals surface area contributed by atoms with Gasteiger partial charge in [0.05, 0.1) is 5.92 Å². The van der Waals surface area contributed by atoms with Gasteiger partial charge in [0.1, 0.15) is 5.78 Å². The fourth-order valence-corrected chi connectivity index (χ4v) is 3.76. The lowest BCUT2D eigenvalue weighted by Crippen LogP contribution is -2.33. The predicted octanol–water partition coefficient (Wildman–Crippen LogP) is 2.37. The molecule has 1 N–H and O–H groups in total. The lowest BCUT2D eigenvalue weighted by atomic mass is 10.0. The number of amides is 3. The van der Waals surface area contributed by atoms with Crippen LogP contribution in [0.4, 0.5) is 0 Å². The molecule has 3 rings (SSSR count). The maximum Gasteiger partial charge on any atom is 0.333 e. The minimum Gasteiger partial charge on any atom is -0.352 e. The molecule has 3 amide bonds. The largest absolute Gasteiger partial charge is 0.352 e. The van der Waals surface area contributed by atoms with E-state index in [0.717, 1.165) is 5.56 Å². The number of rotatable bonds is 13. The Labute approximate surface area is 226 Å². The van der Waals surface area contributed by atoms with Crippen LogP contribution in [0.1, 0.15) is 71.2 Å². The fraction of sp³-hybridized carbons (Fsp3) is 0.519. The first-order chi connectivity index (χ1) is 18.5. The lowest BCUT2D eigenvalue weighted by molar-refractivity contribution is -0.198. The van der Waals surface area contributed by atoms with Gasteiger partial charge in [0.2, 0.25) is 11.7 Å². The first-order valence-corrected chi connectivity index (χ1v) is 13.1. The first-order valence-electron chi connectivity index (χ1n) is 13.1. The molecule has 0 spiro atoms. The molecule has 2 aromatic rings. The third-order valence-electron chi connectivity index (χ3n) is 6.24. The van der Waals surface area contributed by atoms with Crippen molar-refractivity contribution in [2.45, 2.75) is 72.8 Å². The summed E-state index contributed by atoms with van der Waals surface area (Å²) in [5.41, 5.74) is 1.60. The summed E-state index contributed by atoms with van der Waals surface area (Å²) in [6, 6.07) is 7.28.